The summed E-state index contributed by atoms with van der Waals surface area (Å²) in [6, 6.07) is 0. The van der Waals surface area contributed by atoms with Crippen LogP contribution in [0.4, 0.5) is 9.59 Å². The van der Waals surface area contributed by atoms with Crippen molar-refractivity contribution in [3.05, 3.63) is 78.8 Å². The molecule has 10 atom stereocenters. The topological polar surface area (TPSA) is 298 Å². The van der Waals surface area contributed by atoms with Gasteiger partial charge in [0.2, 0.25) is 0 Å². The fourth-order valence-corrected chi connectivity index (χ4v) is 10.1. The number of thiazole rings is 2. The van der Waals surface area contributed by atoms with Gasteiger partial charge in [0, 0.05) is 35.4 Å². The SMILES string of the molecule is CC/C1=C/C[C@@H](/C(C)=C/c2csc(C)n2)OC(=O)C[C@H](O)C(C)(C)C(=O)[C@H](C)[C@@H](O)[C@@H](C)CCC1.CCC1=C/C[C@@H](/C(C)=C/c2csc(C)n2)OC(=O)C[C@H](O)C(C)(C)C(=O)[C@H](C)[C@@H](O)[C@@H](C)C\C=C\1.O=C([O-])N=NC(=O)[O-].[K+].[K+]. The van der Waals surface area contributed by atoms with E-state index in [0.717, 1.165) is 70.2 Å². The van der Waals surface area contributed by atoms with Gasteiger partial charge < -0.3 is 49.7 Å². The third kappa shape index (κ3) is 26.4. The van der Waals surface area contributed by atoms with Crippen LogP contribution in [0.5, 0.6) is 0 Å². The van der Waals surface area contributed by atoms with Gasteiger partial charge in [-0.3, -0.25) is 19.2 Å². The van der Waals surface area contributed by atoms with Crippen molar-refractivity contribution in [3.8, 4) is 0 Å². The number of aryl methyl sites for hydroxylation is 2. The summed E-state index contributed by atoms with van der Waals surface area (Å²) in [5.74, 6) is -3.12. The number of amides is 2. The number of aromatic nitrogens is 2. The minimum absolute atomic E-state index is 0. The Morgan fingerprint density at radius 1 is 0.688 bits per heavy atom. The number of hydrogen-bond donors (Lipinski definition) is 4. The number of carboxylic acid groups (broad SMARTS) is 2. The molecule has 0 unspecified atom stereocenters. The largest absolute Gasteiger partial charge is 1.00 e. The van der Waals surface area contributed by atoms with Crippen molar-refractivity contribution >= 4 is 70.5 Å². The molecular formula is C58H84K2N4O14S2. The average molecular weight is 1200 g/mol. The number of nitrogens with zero attached hydrogens (tertiary/aromatic N) is 4. The first-order chi connectivity index (χ1) is 36.3. The second-order valence-electron chi connectivity index (χ2n) is 21.5. The second kappa shape index (κ2) is 38.0. The predicted octanol–water partition coefficient (Wildman–Crippen LogP) is 3.22. The first kappa shape index (κ1) is 77.9. The molecule has 4 N–H and O–H groups in total. The normalized spacial score (nSPS) is 28.7. The maximum absolute atomic E-state index is 13.2. The van der Waals surface area contributed by atoms with E-state index in [4.69, 9.17) is 9.47 Å². The number of ether oxygens (including phenoxy) is 2. The van der Waals surface area contributed by atoms with Gasteiger partial charge in [-0.2, -0.15) is 0 Å². The molecule has 0 bridgehead atoms. The molecule has 0 fully saturated rings. The summed E-state index contributed by atoms with van der Waals surface area (Å²) in [5.41, 5.74) is 3.37. The van der Waals surface area contributed by atoms with Crippen LogP contribution in [0.25, 0.3) is 12.2 Å². The van der Waals surface area contributed by atoms with Crippen molar-refractivity contribution in [2.75, 3.05) is 0 Å². The van der Waals surface area contributed by atoms with E-state index in [2.05, 4.69) is 46.2 Å². The Balaban J connectivity index is 0.00000134. The van der Waals surface area contributed by atoms with E-state index in [-0.39, 0.29) is 139 Å². The first-order valence-electron chi connectivity index (χ1n) is 26.6. The summed E-state index contributed by atoms with van der Waals surface area (Å²) >= 11 is 3.12. The van der Waals surface area contributed by atoms with E-state index in [0.29, 0.717) is 19.3 Å². The van der Waals surface area contributed by atoms with Crippen LogP contribution in [0.1, 0.15) is 169 Å². The van der Waals surface area contributed by atoms with Gasteiger partial charge in [0.25, 0.3) is 0 Å². The van der Waals surface area contributed by atoms with Gasteiger partial charge in [0.05, 0.1) is 69.5 Å². The number of aliphatic hydroxyl groups excluding tert-OH is 4. The quantitative estimate of drug-likeness (QED) is 0.140. The fourth-order valence-electron chi connectivity index (χ4n) is 9.00. The molecule has 2 aromatic heterocycles. The zero-order valence-electron chi connectivity index (χ0n) is 49.9. The van der Waals surface area contributed by atoms with E-state index in [1.165, 1.54) is 5.57 Å². The number of ketones is 2. The minimum atomic E-state index is -1.91. The van der Waals surface area contributed by atoms with Gasteiger partial charge in [0.15, 0.2) is 12.2 Å². The number of rotatable bonds is 6. The van der Waals surface area contributed by atoms with E-state index >= 15 is 0 Å². The summed E-state index contributed by atoms with van der Waals surface area (Å²) in [5, 5.41) is 71.8. The maximum atomic E-state index is 13.2. The Bertz CT molecular complexity index is 2520. The van der Waals surface area contributed by atoms with E-state index < -0.39 is 83.4 Å². The molecule has 0 aromatic carbocycles. The van der Waals surface area contributed by atoms with E-state index in [1.807, 2.05) is 76.6 Å². The molecule has 0 saturated carbocycles. The molecule has 434 valence electrons. The molecule has 2 aromatic rings. The van der Waals surface area contributed by atoms with Gasteiger partial charge in [-0.05, 0) is 101 Å². The van der Waals surface area contributed by atoms with E-state index in [1.54, 1.807) is 64.2 Å². The zero-order valence-corrected chi connectivity index (χ0v) is 57.8. The van der Waals surface area contributed by atoms with Crippen molar-refractivity contribution in [3.63, 3.8) is 0 Å². The number of allylic oxidation sites excluding steroid dienone is 4. The molecule has 0 saturated heterocycles. The molecule has 0 radical (unpaired) electrons. The number of aliphatic hydroxyl groups is 4. The van der Waals surface area contributed by atoms with Crippen molar-refractivity contribution in [1.29, 1.82) is 0 Å². The van der Waals surface area contributed by atoms with Crippen LogP contribution in [-0.4, -0.2) is 103 Å². The number of carbonyl (C=O) groups excluding carboxylic acids is 6. The molecule has 18 nitrogen and oxygen atoms in total. The van der Waals surface area contributed by atoms with E-state index in [9.17, 15) is 59.4 Å². The van der Waals surface area contributed by atoms with Crippen LogP contribution in [0.15, 0.2) is 67.6 Å². The van der Waals surface area contributed by atoms with Crippen LogP contribution >= 0.6 is 22.7 Å². The number of esters is 2. The van der Waals surface area contributed by atoms with Crippen molar-refractivity contribution in [1.82, 2.24) is 9.97 Å². The molecule has 2 aliphatic heterocycles. The fraction of sp³-hybridized carbons (Fsp3) is 0.621. The monoisotopic (exact) mass is 1200 g/mol. The van der Waals surface area contributed by atoms with Crippen LogP contribution in [0.2, 0.25) is 0 Å². The molecule has 0 aliphatic carbocycles. The predicted molar refractivity (Wildman–Crippen MR) is 297 cm³/mol. The standard InChI is InChI=1S/C28H43NO5S.C28H41NO5S.C2H2N2O4.2K/c2*1-8-21-11-9-10-17(2)26(32)19(4)27(33)28(6,7)24(30)15-25(31)34-23(13-12-21)18(3)14-22-16-35-20(5)29-22;5-1(6)3-4-2(7)8;;/h12,14,16-17,19,23-24,26,30,32H,8-11,13,15H2,1-7H3;9,11-12,14,16-17,19,23-24,26,30,32H,8,10,13,15H2,1-7H3;(H,5,6)(H,7,8);;/q;;;2*+1/p-2/b18-14+,21-12-;11-9+,18-14+,21-12-;;;/t2*17-,19+,23-,24-,26-;;;/m00.../s1. The minimum Gasteiger partial charge on any atom is -0.527 e. The van der Waals surface area contributed by atoms with Crippen molar-refractivity contribution < 1.29 is 172 Å². The smallest absolute Gasteiger partial charge is 0.527 e. The second-order valence-corrected chi connectivity index (χ2v) is 23.6. The van der Waals surface area contributed by atoms with Gasteiger partial charge in [0.1, 0.15) is 23.8 Å². The molecule has 80 heavy (non-hydrogen) atoms. The maximum Gasteiger partial charge on any atom is 1.00 e. The summed E-state index contributed by atoms with van der Waals surface area (Å²) in [6.07, 6.45) is 8.60. The van der Waals surface area contributed by atoms with Gasteiger partial charge in [-0.15, -0.1) is 32.9 Å². The molecule has 4 heterocycles. The Hall–Kier alpha value is -2.11. The molecule has 4 rings (SSSR count). The molecule has 0 spiro atoms. The molecule has 22 heteroatoms. The number of carbonyl (C=O) groups is 6. The van der Waals surface area contributed by atoms with Crippen LogP contribution < -0.4 is 113 Å². The number of hydrogen-bond acceptors (Lipinski definition) is 18. The third-order valence-corrected chi connectivity index (χ3v) is 16.1. The summed E-state index contributed by atoms with van der Waals surface area (Å²) < 4.78 is 11.7. The van der Waals surface area contributed by atoms with Gasteiger partial charge in [-0.25, -0.2) is 9.97 Å². The zero-order chi connectivity index (χ0) is 59.2. The number of cyclic esters (lactones) is 2. The number of azo groups is 1. The molecular weight excluding hydrogens is 1120 g/mol. The van der Waals surface area contributed by atoms with Crippen LogP contribution in [-0.2, 0) is 28.7 Å². The average Bonchev–Trinajstić information content (AvgIpc) is 3.99. The van der Waals surface area contributed by atoms with Crippen LogP contribution in [0, 0.1) is 48.3 Å². The Morgan fingerprint density at radius 2 is 1.10 bits per heavy atom. The Kier molecular flexibility index (Phi) is 37.0. The third-order valence-electron chi connectivity index (χ3n) is 14.5. The summed E-state index contributed by atoms with van der Waals surface area (Å²) in [6.45, 7) is 25.7. The summed E-state index contributed by atoms with van der Waals surface area (Å²) in [7, 11) is 0. The van der Waals surface area contributed by atoms with Gasteiger partial charge in [-0.1, -0.05) is 105 Å². The Morgan fingerprint density at radius 3 is 1.48 bits per heavy atom. The van der Waals surface area contributed by atoms with Crippen LogP contribution in [0.3, 0.4) is 0 Å². The molecule has 2 amide bonds. The molecule has 2 aliphatic rings. The summed E-state index contributed by atoms with van der Waals surface area (Å²) in [4.78, 5) is 79.6. The number of Topliss-reactive ketones (excluding diaryl/α,β-unsaturated/α-hetero) is 2. The van der Waals surface area contributed by atoms with Crippen molar-refractivity contribution in [2.24, 2.45) is 44.7 Å². The van der Waals surface area contributed by atoms with Crippen molar-refractivity contribution in [2.45, 2.75) is 198 Å². The first-order valence-corrected chi connectivity index (χ1v) is 28.4. The van der Waals surface area contributed by atoms with Gasteiger partial charge >= 0.3 is 115 Å². The Labute approximate surface area is 566 Å².